The topological polar surface area (TPSA) is 83.8 Å². The molecule has 30 heavy (non-hydrogen) atoms. The van der Waals surface area contributed by atoms with Gasteiger partial charge in [-0.1, -0.05) is 18.2 Å². The van der Waals surface area contributed by atoms with Gasteiger partial charge in [0.05, 0.1) is 0 Å². The summed E-state index contributed by atoms with van der Waals surface area (Å²) in [6, 6.07) is 18.2. The Kier molecular flexibility index (Phi) is 5.79. The zero-order valence-electron chi connectivity index (χ0n) is 17.2. The van der Waals surface area contributed by atoms with E-state index >= 15 is 0 Å². The molecule has 0 atom stereocenters. The van der Waals surface area contributed by atoms with E-state index in [0.717, 1.165) is 21.0 Å². The van der Waals surface area contributed by atoms with Crippen LogP contribution in [0, 0.1) is 34.0 Å². The summed E-state index contributed by atoms with van der Waals surface area (Å²) in [6.45, 7) is 3.63. The number of nitrogens with zero attached hydrogens (tertiary/aromatic N) is 4. The average Bonchev–Trinajstić information content (AvgIpc) is 3.29. The minimum absolute atomic E-state index is 0.0556. The van der Waals surface area contributed by atoms with Gasteiger partial charge >= 0.3 is 0 Å². The minimum Gasteiger partial charge on any atom is -0.480 e. The highest BCUT2D eigenvalue weighted by atomic mass is 32.1. The Balaban J connectivity index is 1.93. The molecule has 0 bridgehead atoms. The first-order valence-electron chi connectivity index (χ1n) is 9.25. The fourth-order valence-corrected chi connectivity index (χ4v) is 4.09. The molecule has 0 fully saturated rings. The molecule has 2 heterocycles. The summed E-state index contributed by atoms with van der Waals surface area (Å²) in [5, 5.41) is 27.9. The van der Waals surface area contributed by atoms with Crippen LogP contribution in [0.1, 0.15) is 18.7 Å². The molecular formula is C24H20N4OS. The molecule has 0 aliphatic carbocycles. The van der Waals surface area contributed by atoms with E-state index in [2.05, 4.69) is 41.3 Å². The second-order valence-electron chi connectivity index (χ2n) is 7.42. The van der Waals surface area contributed by atoms with Gasteiger partial charge in [-0.15, -0.1) is 11.3 Å². The summed E-state index contributed by atoms with van der Waals surface area (Å²) in [5.74, 6) is 0.0556. The number of nitriles is 3. The SMILES string of the molecule is CN(C)c1ccc(-c2ccc(C=CC3=C(C#N)C(=C(C#N)C#N)OC3(C)C)s2)cc1. The molecule has 1 aromatic heterocycles. The summed E-state index contributed by atoms with van der Waals surface area (Å²) in [5.41, 5.74) is 2.16. The predicted molar refractivity (Wildman–Crippen MR) is 119 cm³/mol. The van der Waals surface area contributed by atoms with Gasteiger partial charge < -0.3 is 9.64 Å². The monoisotopic (exact) mass is 412 g/mol. The molecule has 3 rings (SSSR count). The Labute approximate surface area is 180 Å². The first-order valence-corrected chi connectivity index (χ1v) is 10.1. The molecule has 6 heteroatoms. The van der Waals surface area contributed by atoms with Crippen molar-refractivity contribution in [2.75, 3.05) is 19.0 Å². The standard InChI is InChI=1S/C24H20N4OS/c1-24(2)21(20(15-27)23(29-24)17(13-25)14-26)11-9-19-10-12-22(30-19)16-5-7-18(8-6-16)28(3)4/h5-12H,1-4H3. The Morgan fingerprint density at radius 2 is 1.67 bits per heavy atom. The maximum absolute atomic E-state index is 9.61. The van der Waals surface area contributed by atoms with Gasteiger partial charge in [0.1, 0.15) is 29.4 Å². The number of ether oxygens (including phenoxy) is 1. The van der Waals surface area contributed by atoms with Gasteiger partial charge in [-0.25, -0.2) is 0 Å². The number of allylic oxidation sites excluding steroid dienone is 2. The van der Waals surface area contributed by atoms with Crippen molar-refractivity contribution in [3.8, 4) is 28.6 Å². The molecular weight excluding hydrogens is 392 g/mol. The van der Waals surface area contributed by atoms with E-state index in [0.29, 0.717) is 5.57 Å². The normalized spacial score (nSPS) is 14.8. The van der Waals surface area contributed by atoms with Crippen LogP contribution in [0.15, 0.2) is 65.0 Å². The van der Waals surface area contributed by atoms with E-state index in [1.54, 1.807) is 23.5 Å². The lowest BCUT2D eigenvalue weighted by Crippen LogP contribution is -2.20. The van der Waals surface area contributed by atoms with Crippen molar-refractivity contribution in [2.24, 2.45) is 0 Å². The van der Waals surface area contributed by atoms with Crippen molar-refractivity contribution in [2.45, 2.75) is 19.4 Å². The summed E-state index contributed by atoms with van der Waals surface area (Å²) < 4.78 is 5.79. The lowest BCUT2D eigenvalue weighted by Gasteiger charge is -2.20. The fraction of sp³-hybridized carbons (Fsp3) is 0.208. The number of anilines is 1. The first kappa shape index (κ1) is 20.9. The summed E-state index contributed by atoms with van der Waals surface area (Å²) >= 11 is 1.65. The van der Waals surface area contributed by atoms with Crippen molar-refractivity contribution in [1.29, 1.82) is 15.8 Å². The molecule has 5 nitrogen and oxygen atoms in total. The van der Waals surface area contributed by atoms with Gasteiger partial charge in [-0.2, -0.15) is 15.8 Å². The molecule has 2 aromatic rings. The van der Waals surface area contributed by atoms with Crippen LogP contribution in [0.25, 0.3) is 16.5 Å². The van der Waals surface area contributed by atoms with Crippen LogP contribution in [0.5, 0.6) is 0 Å². The number of benzene rings is 1. The van der Waals surface area contributed by atoms with Gasteiger partial charge in [0.15, 0.2) is 11.3 Å². The largest absolute Gasteiger partial charge is 0.480 e. The highest BCUT2D eigenvalue weighted by Gasteiger charge is 2.38. The quantitative estimate of drug-likeness (QED) is 0.626. The molecule has 0 N–H and O–H groups in total. The summed E-state index contributed by atoms with van der Waals surface area (Å²) in [7, 11) is 4.02. The third-order valence-corrected chi connectivity index (χ3v) is 5.87. The lowest BCUT2D eigenvalue weighted by molar-refractivity contribution is 0.0954. The molecule has 1 aromatic carbocycles. The minimum atomic E-state index is -0.808. The molecule has 0 amide bonds. The van der Waals surface area contributed by atoms with Gasteiger partial charge in [0.2, 0.25) is 0 Å². The number of hydrogen-bond donors (Lipinski definition) is 0. The van der Waals surface area contributed by atoms with Crippen LogP contribution < -0.4 is 4.90 Å². The Morgan fingerprint density at radius 1 is 1.00 bits per heavy atom. The van der Waals surface area contributed by atoms with Crippen molar-refractivity contribution in [3.05, 3.63) is 69.8 Å². The van der Waals surface area contributed by atoms with E-state index in [4.69, 9.17) is 15.3 Å². The van der Waals surface area contributed by atoms with Gasteiger partial charge in [-0.05, 0) is 49.8 Å². The third kappa shape index (κ3) is 3.98. The van der Waals surface area contributed by atoms with Gasteiger partial charge in [0.25, 0.3) is 0 Å². The third-order valence-electron chi connectivity index (χ3n) is 4.77. The van der Waals surface area contributed by atoms with Crippen LogP contribution in [-0.4, -0.2) is 19.7 Å². The maximum Gasteiger partial charge on any atom is 0.172 e. The molecule has 0 saturated carbocycles. The molecule has 148 valence electrons. The maximum atomic E-state index is 9.61. The van der Waals surface area contributed by atoms with Crippen LogP contribution in [-0.2, 0) is 4.74 Å². The number of rotatable bonds is 4. The van der Waals surface area contributed by atoms with Crippen LogP contribution >= 0.6 is 11.3 Å². The zero-order valence-corrected chi connectivity index (χ0v) is 18.0. The predicted octanol–water partition coefficient (Wildman–Crippen LogP) is 5.42. The van der Waals surface area contributed by atoms with Crippen molar-refractivity contribution in [3.63, 3.8) is 0 Å². The molecule has 0 spiro atoms. The first-order chi connectivity index (χ1) is 14.3. The van der Waals surface area contributed by atoms with E-state index in [1.807, 2.05) is 46.2 Å². The van der Waals surface area contributed by atoms with E-state index in [9.17, 15) is 5.26 Å². The van der Waals surface area contributed by atoms with Crippen LogP contribution in [0.3, 0.4) is 0 Å². The second kappa shape index (κ2) is 8.29. The zero-order chi connectivity index (χ0) is 21.9. The van der Waals surface area contributed by atoms with E-state index in [-0.39, 0.29) is 16.9 Å². The summed E-state index contributed by atoms with van der Waals surface area (Å²) in [4.78, 5) is 4.24. The van der Waals surface area contributed by atoms with E-state index < -0.39 is 5.60 Å². The highest BCUT2D eigenvalue weighted by Crippen LogP contribution is 2.40. The van der Waals surface area contributed by atoms with Gasteiger partial charge in [0, 0.05) is 35.1 Å². The van der Waals surface area contributed by atoms with Crippen LogP contribution in [0.4, 0.5) is 5.69 Å². The number of thiophene rings is 1. The average molecular weight is 413 g/mol. The Bertz CT molecular complexity index is 1170. The van der Waals surface area contributed by atoms with Crippen LogP contribution in [0.2, 0.25) is 0 Å². The second-order valence-corrected chi connectivity index (χ2v) is 8.53. The number of hydrogen-bond acceptors (Lipinski definition) is 6. The van der Waals surface area contributed by atoms with Crippen molar-refractivity contribution < 1.29 is 4.74 Å². The molecule has 0 saturated heterocycles. The molecule has 0 unspecified atom stereocenters. The Hall–Kier alpha value is -3.79. The smallest absolute Gasteiger partial charge is 0.172 e. The summed E-state index contributed by atoms with van der Waals surface area (Å²) in [6.07, 6.45) is 3.77. The highest BCUT2D eigenvalue weighted by molar-refractivity contribution is 7.16. The molecule has 1 aliphatic heterocycles. The van der Waals surface area contributed by atoms with E-state index in [1.165, 1.54) is 0 Å². The van der Waals surface area contributed by atoms with Crippen molar-refractivity contribution in [1.82, 2.24) is 0 Å². The lowest BCUT2D eigenvalue weighted by atomic mass is 9.94. The van der Waals surface area contributed by atoms with Gasteiger partial charge in [-0.3, -0.25) is 0 Å². The fourth-order valence-electron chi connectivity index (χ4n) is 3.17. The molecule has 1 aliphatic rings. The van der Waals surface area contributed by atoms with Crippen molar-refractivity contribution >= 4 is 23.1 Å². The Morgan fingerprint density at radius 3 is 2.23 bits per heavy atom. The molecule has 0 radical (unpaired) electrons.